The molecule has 1 aliphatic rings. The molecule has 1 aliphatic carbocycles. The zero-order valence-corrected chi connectivity index (χ0v) is 9.09. The van der Waals surface area contributed by atoms with E-state index in [1.54, 1.807) is 0 Å². The van der Waals surface area contributed by atoms with Crippen molar-refractivity contribution in [3.63, 3.8) is 0 Å². The molecule has 3 N–H and O–H groups in total. The molecule has 0 spiro atoms. The Labute approximate surface area is 81.5 Å². The van der Waals surface area contributed by atoms with Crippen molar-refractivity contribution in [3.8, 4) is 0 Å². The van der Waals surface area contributed by atoms with Gasteiger partial charge >= 0.3 is 0 Å². The summed E-state index contributed by atoms with van der Waals surface area (Å²) in [6, 6.07) is 0. The maximum Gasteiger partial charge on any atom is 0.0611 e. The van der Waals surface area contributed by atoms with Crippen LogP contribution in [0.5, 0.6) is 0 Å². The fourth-order valence-corrected chi connectivity index (χ4v) is 2.60. The van der Waals surface area contributed by atoms with Gasteiger partial charge in [0, 0.05) is 12.0 Å². The van der Waals surface area contributed by atoms with Crippen LogP contribution in [0.4, 0.5) is 0 Å². The summed E-state index contributed by atoms with van der Waals surface area (Å²) in [4.78, 5) is 0. The lowest BCUT2D eigenvalue weighted by Gasteiger charge is -2.49. The lowest BCUT2D eigenvalue weighted by Crippen LogP contribution is -2.51. The number of nitrogens with two attached hydrogens (primary N) is 1. The van der Waals surface area contributed by atoms with E-state index in [4.69, 9.17) is 5.73 Å². The second kappa shape index (κ2) is 3.97. The van der Waals surface area contributed by atoms with Gasteiger partial charge in [0.15, 0.2) is 0 Å². The van der Waals surface area contributed by atoms with E-state index in [-0.39, 0.29) is 11.5 Å². The number of hydrogen-bond acceptors (Lipinski definition) is 2. The van der Waals surface area contributed by atoms with Crippen molar-refractivity contribution in [2.45, 2.75) is 46.1 Å². The molecule has 0 bridgehead atoms. The van der Waals surface area contributed by atoms with E-state index in [9.17, 15) is 5.11 Å². The summed E-state index contributed by atoms with van der Waals surface area (Å²) in [6.07, 6.45) is 2.92. The highest BCUT2D eigenvalue weighted by molar-refractivity contribution is 4.97. The fraction of sp³-hybridized carbons (Fsp3) is 1.00. The van der Waals surface area contributed by atoms with Crippen LogP contribution in [0.25, 0.3) is 0 Å². The van der Waals surface area contributed by atoms with Gasteiger partial charge in [-0.15, -0.1) is 0 Å². The normalized spacial score (nSPS) is 36.0. The molecule has 0 saturated heterocycles. The summed E-state index contributed by atoms with van der Waals surface area (Å²) in [5.41, 5.74) is 5.81. The van der Waals surface area contributed by atoms with Gasteiger partial charge in [-0.2, -0.15) is 0 Å². The molecule has 1 rings (SSSR count). The molecule has 0 heterocycles. The van der Waals surface area contributed by atoms with E-state index < -0.39 is 0 Å². The van der Waals surface area contributed by atoms with E-state index >= 15 is 0 Å². The van der Waals surface area contributed by atoms with Crippen molar-refractivity contribution in [2.24, 2.45) is 23.0 Å². The predicted molar refractivity (Wildman–Crippen MR) is 55.3 cm³/mol. The minimum atomic E-state index is -0.186. The Bertz CT molecular complexity index is 161. The molecule has 0 radical (unpaired) electrons. The van der Waals surface area contributed by atoms with Crippen LogP contribution in [0.15, 0.2) is 0 Å². The maximum atomic E-state index is 10.0. The van der Waals surface area contributed by atoms with Crippen molar-refractivity contribution in [1.29, 1.82) is 0 Å². The van der Waals surface area contributed by atoms with Crippen LogP contribution in [0.2, 0.25) is 0 Å². The van der Waals surface area contributed by atoms with Gasteiger partial charge in [-0.25, -0.2) is 0 Å². The quantitative estimate of drug-likeness (QED) is 0.701. The molecule has 0 amide bonds. The van der Waals surface area contributed by atoms with Crippen LogP contribution in [-0.4, -0.2) is 17.8 Å². The van der Waals surface area contributed by atoms with E-state index in [2.05, 4.69) is 20.8 Å². The Morgan fingerprint density at radius 1 is 1.46 bits per heavy atom. The fourth-order valence-electron chi connectivity index (χ4n) is 2.60. The van der Waals surface area contributed by atoms with Crippen LogP contribution in [0, 0.1) is 17.3 Å². The van der Waals surface area contributed by atoms with Crippen molar-refractivity contribution in [3.05, 3.63) is 0 Å². The zero-order chi connectivity index (χ0) is 10.1. The molecule has 0 aromatic heterocycles. The smallest absolute Gasteiger partial charge is 0.0611 e. The monoisotopic (exact) mass is 185 g/mol. The SMILES string of the molecule is CC(C)CC(O)C1(CN)CC(C)C1. The predicted octanol–water partition coefficient (Wildman–Crippen LogP) is 1.77. The van der Waals surface area contributed by atoms with Gasteiger partial charge in [-0.1, -0.05) is 20.8 Å². The molecule has 0 aromatic rings. The Kier molecular flexibility index (Phi) is 3.36. The topological polar surface area (TPSA) is 46.2 Å². The van der Waals surface area contributed by atoms with E-state index in [1.807, 2.05) is 0 Å². The van der Waals surface area contributed by atoms with Gasteiger partial charge in [0.1, 0.15) is 0 Å². The summed E-state index contributed by atoms with van der Waals surface area (Å²) in [6.45, 7) is 7.17. The Morgan fingerprint density at radius 3 is 2.31 bits per heavy atom. The summed E-state index contributed by atoms with van der Waals surface area (Å²) in [7, 11) is 0. The van der Waals surface area contributed by atoms with Gasteiger partial charge in [0.2, 0.25) is 0 Å². The van der Waals surface area contributed by atoms with Crippen LogP contribution < -0.4 is 5.73 Å². The highest BCUT2D eigenvalue weighted by Gasteiger charge is 2.46. The Balaban J connectivity index is 2.47. The van der Waals surface area contributed by atoms with Crippen LogP contribution in [0.1, 0.15) is 40.0 Å². The lowest BCUT2D eigenvalue weighted by atomic mass is 9.58. The first-order chi connectivity index (χ1) is 6.00. The van der Waals surface area contributed by atoms with Crippen molar-refractivity contribution < 1.29 is 5.11 Å². The molecular weight excluding hydrogens is 162 g/mol. The summed E-state index contributed by atoms with van der Waals surface area (Å²) >= 11 is 0. The third kappa shape index (κ3) is 2.23. The molecule has 1 saturated carbocycles. The van der Waals surface area contributed by atoms with E-state index in [0.29, 0.717) is 12.5 Å². The van der Waals surface area contributed by atoms with E-state index in [0.717, 1.165) is 25.2 Å². The molecule has 0 aromatic carbocycles. The molecule has 1 atom stereocenters. The van der Waals surface area contributed by atoms with Gasteiger partial charge in [-0.3, -0.25) is 0 Å². The number of hydrogen-bond donors (Lipinski definition) is 2. The van der Waals surface area contributed by atoms with Crippen molar-refractivity contribution >= 4 is 0 Å². The second-order valence-electron chi connectivity index (χ2n) is 5.23. The van der Waals surface area contributed by atoms with Gasteiger partial charge in [0.25, 0.3) is 0 Å². The lowest BCUT2D eigenvalue weighted by molar-refractivity contribution is -0.0666. The zero-order valence-electron chi connectivity index (χ0n) is 9.09. The van der Waals surface area contributed by atoms with Gasteiger partial charge < -0.3 is 10.8 Å². The van der Waals surface area contributed by atoms with Crippen LogP contribution in [0.3, 0.4) is 0 Å². The number of aliphatic hydroxyl groups excluding tert-OH is 1. The number of rotatable bonds is 4. The third-order valence-electron chi connectivity index (χ3n) is 3.32. The molecule has 13 heavy (non-hydrogen) atoms. The Morgan fingerprint density at radius 2 is 2.00 bits per heavy atom. The third-order valence-corrected chi connectivity index (χ3v) is 3.32. The molecule has 2 nitrogen and oxygen atoms in total. The number of aliphatic hydroxyl groups is 1. The highest BCUT2D eigenvalue weighted by atomic mass is 16.3. The minimum absolute atomic E-state index is 0.0592. The van der Waals surface area contributed by atoms with Crippen LogP contribution in [-0.2, 0) is 0 Å². The van der Waals surface area contributed by atoms with Crippen LogP contribution >= 0.6 is 0 Å². The van der Waals surface area contributed by atoms with Crippen molar-refractivity contribution in [2.75, 3.05) is 6.54 Å². The second-order valence-corrected chi connectivity index (χ2v) is 5.23. The van der Waals surface area contributed by atoms with Gasteiger partial charge in [0.05, 0.1) is 6.10 Å². The molecule has 1 unspecified atom stereocenters. The first-order valence-electron chi connectivity index (χ1n) is 5.38. The largest absolute Gasteiger partial charge is 0.392 e. The summed E-state index contributed by atoms with van der Waals surface area (Å²) < 4.78 is 0. The first kappa shape index (κ1) is 11.0. The maximum absolute atomic E-state index is 10.0. The highest BCUT2D eigenvalue weighted by Crippen LogP contribution is 2.48. The average molecular weight is 185 g/mol. The Hall–Kier alpha value is -0.0800. The average Bonchev–Trinajstić information content (AvgIpc) is 1.96. The molecule has 1 fully saturated rings. The molecule has 78 valence electrons. The summed E-state index contributed by atoms with van der Waals surface area (Å²) in [5, 5.41) is 10.0. The molecular formula is C11H23NO. The van der Waals surface area contributed by atoms with Crippen molar-refractivity contribution in [1.82, 2.24) is 0 Å². The first-order valence-corrected chi connectivity index (χ1v) is 5.38. The summed E-state index contributed by atoms with van der Waals surface area (Å²) in [5.74, 6) is 1.32. The van der Waals surface area contributed by atoms with Gasteiger partial charge in [-0.05, 0) is 31.1 Å². The standard InChI is InChI=1S/C11H23NO/c1-8(2)4-10(13)11(7-12)5-9(3)6-11/h8-10,13H,4-7,12H2,1-3H3. The molecule has 2 heteroatoms. The van der Waals surface area contributed by atoms with E-state index in [1.165, 1.54) is 0 Å². The molecule has 0 aliphatic heterocycles. The minimum Gasteiger partial charge on any atom is -0.392 e.